The number of fused-ring (bicyclic) bond motifs is 2. The van der Waals surface area contributed by atoms with Crippen LogP contribution in [-0.4, -0.2) is 6.79 Å². The van der Waals surface area contributed by atoms with Crippen molar-refractivity contribution >= 4 is 0 Å². The van der Waals surface area contributed by atoms with Crippen LogP contribution in [0.5, 0.6) is 23.0 Å². The number of nitriles is 1. The van der Waals surface area contributed by atoms with Crippen molar-refractivity contribution < 1.29 is 18.9 Å². The van der Waals surface area contributed by atoms with E-state index in [2.05, 4.69) is 37.3 Å². The summed E-state index contributed by atoms with van der Waals surface area (Å²) in [5.41, 5.74) is 10.5. The molecule has 2 heterocycles. The quantitative estimate of drug-likeness (QED) is 0.678. The van der Waals surface area contributed by atoms with Gasteiger partial charge < -0.3 is 24.7 Å². The molecule has 3 aromatic carbocycles. The van der Waals surface area contributed by atoms with Gasteiger partial charge in [0.1, 0.15) is 29.7 Å². The fraction of sp³-hybridized carbons (Fsp3) is 0.160. The van der Waals surface area contributed by atoms with Gasteiger partial charge in [-0.3, -0.25) is 0 Å². The summed E-state index contributed by atoms with van der Waals surface area (Å²) in [5, 5.41) is 9.75. The van der Waals surface area contributed by atoms with Gasteiger partial charge in [-0.05, 0) is 36.2 Å². The summed E-state index contributed by atoms with van der Waals surface area (Å²) in [6.07, 6.45) is 0. The smallest absolute Gasteiger partial charge is 0.231 e. The van der Waals surface area contributed by atoms with Gasteiger partial charge in [-0.2, -0.15) is 5.26 Å². The van der Waals surface area contributed by atoms with E-state index in [1.807, 2.05) is 30.3 Å². The van der Waals surface area contributed by atoms with E-state index in [0.717, 1.165) is 22.4 Å². The summed E-state index contributed by atoms with van der Waals surface area (Å²) >= 11 is 0. The van der Waals surface area contributed by atoms with Gasteiger partial charge in [0, 0.05) is 11.6 Å². The SMILES string of the molecule is Cc1ccc(COc2ccc([C@H]3C(C#N)=C(N)Oc4cc5c(cc43)OCO5)cc2)cc1. The van der Waals surface area contributed by atoms with E-state index >= 15 is 0 Å². The van der Waals surface area contributed by atoms with E-state index in [1.165, 1.54) is 5.56 Å². The Morgan fingerprint density at radius 1 is 1.00 bits per heavy atom. The molecule has 0 saturated carbocycles. The van der Waals surface area contributed by atoms with Gasteiger partial charge in [0.05, 0.1) is 5.92 Å². The topological polar surface area (TPSA) is 86.7 Å². The van der Waals surface area contributed by atoms with Crippen LogP contribution in [0.1, 0.15) is 28.2 Å². The predicted molar refractivity (Wildman–Crippen MR) is 114 cm³/mol. The molecule has 0 radical (unpaired) electrons. The third kappa shape index (κ3) is 3.51. The predicted octanol–water partition coefficient (Wildman–Crippen LogP) is 4.52. The molecule has 6 heteroatoms. The van der Waals surface area contributed by atoms with Gasteiger partial charge in [-0.15, -0.1) is 0 Å². The lowest BCUT2D eigenvalue weighted by atomic mass is 9.83. The van der Waals surface area contributed by atoms with Crippen LogP contribution in [0.4, 0.5) is 0 Å². The Morgan fingerprint density at radius 3 is 2.42 bits per heavy atom. The first-order valence-corrected chi connectivity index (χ1v) is 9.92. The molecular weight excluding hydrogens is 392 g/mol. The van der Waals surface area contributed by atoms with E-state index in [-0.39, 0.29) is 18.6 Å². The Bertz CT molecular complexity index is 1210. The first kappa shape index (κ1) is 18.9. The molecule has 0 amide bonds. The highest BCUT2D eigenvalue weighted by Crippen LogP contribution is 2.47. The van der Waals surface area contributed by atoms with E-state index in [0.29, 0.717) is 29.4 Å². The summed E-state index contributed by atoms with van der Waals surface area (Å²) < 4.78 is 22.6. The molecule has 154 valence electrons. The molecule has 31 heavy (non-hydrogen) atoms. The normalized spacial score (nSPS) is 16.3. The van der Waals surface area contributed by atoms with Crippen LogP contribution in [0, 0.1) is 18.3 Å². The van der Waals surface area contributed by atoms with Crippen LogP contribution in [0.3, 0.4) is 0 Å². The number of rotatable bonds is 4. The van der Waals surface area contributed by atoms with Crippen molar-refractivity contribution in [2.45, 2.75) is 19.4 Å². The van der Waals surface area contributed by atoms with Gasteiger partial charge in [-0.25, -0.2) is 0 Å². The summed E-state index contributed by atoms with van der Waals surface area (Å²) in [6, 6.07) is 21.7. The van der Waals surface area contributed by atoms with Crippen molar-refractivity contribution in [3.63, 3.8) is 0 Å². The molecule has 0 spiro atoms. The Morgan fingerprint density at radius 2 is 1.71 bits per heavy atom. The Hall–Kier alpha value is -4.11. The number of hydrogen-bond acceptors (Lipinski definition) is 6. The Balaban J connectivity index is 1.43. The van der Waals surface area contributed by atoms with Crippen LogP contribution >= 0.6 is 0 Å². The highest BCUT2D eigenvalue weighted by Gasteiger charge is 2.33. The van der Waals surface area contributed by atoms with Crippen molar-refractivity contribution in [2.24, 2.45) is 5.73 Å². The van der Waals surface area contributed by atoms with Crippen LogP contribution in [-0.2, 0) is 6.61 Å². The first-order valence-electron chi connectivity index (χ1n) is 9.92. The lowest BCUT2D eigenvalue weighted by molar-refractivity contribution is 0.174. The zero-order valence-electron chi connectivity index (χ0n) is 16.9. The van der Waals surface area contributed by atoms with Crippen LogP contribution in [0.25, 0.3) is 0 Å². The summed E-state index contributed by atoms with van der Waals surface area (Å²) in [7, 11) is 0. The number of nitrogens with zero attached hydrogens (tertiary/aromatic N) is 1. The number of nitrogens with two attached hydrogens (primary N) is 1. The van der Waals surface area contributed by atoms with Crippen LogP contribution in [0.2, 0.25) is 0 Å². The third-order valence-electron chi connectivity index (χ3n) is 5.45. The van der Waals surface area contributed by atoms with Gasteiger partial charge in [-0.1, -0.05) is 42.0 Å². The second-order valence-corrected chi connectivity index (χ2v) is 7.51. The molecule has 0 bridgehead atoms. The van der Waals surface area contributed by atoms with Gasteiger partial charge in [0.15, 0.2) is 11.5 Å². The van der Waals surface area contributed by atoms with Gasteiger partial charge >= 0.3 is 0 Å². The highest BCUT2D eigenvalue weighted by atomic mass is 16.7. The van der Waals surface area contributed by atoms with E-state index in [1.54, 1.807) is 6.07 Å². The van der Waals surface area contributed by atoms with E-state index in [4.69, 9.17) is 24.7 Å². The number of hydrogen-bond donors (Lipinski definition) is 1. The van der Waals surface area contributed by atoms with Crippen molar-refractivity contribution in [1.82, 2.24) is 0 Å². The Kier molecular flexibility index (Phi) is 4.64. The lowest BCUT2D eigenvalue weighted by Crippen LogP contribution is -2.21. The van der Waals surface area contributed by atoms with E-state index in [9.17, 15) is 5.26 Å². The molecule has 0 unspecified atom stereocenters. The second-order valence-electron chi connectivity index (χ2n) is 7.51. The summed E-state index contributed by atoms with van der Waals surface area (Å²) in [6.45, 7) is 2.70. The molecule has 2 N–H and O–H groups in total. The third-order valence-corrected chi connectivity index (χ3v) is 5.45. The highest BCUT2D eigenvalue weighted by molar-refractivity contribution is 5.61. The monoisotopic (exact) mass is 412 g/mol. The van der Waals surface area contributed by atoms with Gasteiger partial charge in [0.25, 0.3) is 0 Å². The molecule has 2 aliphatic heterocycles. The molecule has 0 aliphatic carbocycles. The molecule has 2 aliphatic rings. The van der Waals surface area contributed by atoms with Gasteiger partial charge in [0.2, 0.25) is 12.7 Å². The minimum atomic E-state index is -0.366. The fourth-order valence-electron chi connectivity index (χ4n) is 3.80. The van der Waals surface area contributed by atoms with Crippen molar-refractivity contribution in [1.29, 1.82) is 5.26 Å². The average molecular weight is 412 g/mol. The van der Waals surface area contributed by atoms with Crippen molar-refractivity contribution in [3.05, 3.63) is 94.4 Å². The molecule has 0 saturated heterocycles. The molecule has 6 nitrogen and oxygen atoms in total. The first-order chi connectivity index (χ1) is 15.1. The van der Waals surface area contributed by atoms with Crippen LogP contribution in [0.15, 0.2) is 72.1 Å². The maximum absolute atomic E-state index is 9.75. The van der Waals surface area contributed by atoms with Crippen LogP contribution < -0.4 is 24.7 Å². The number of benzene rings is 3. The van der Waals surface area contributed by atoms with E-state index < -0.39 is 0 Å². The molecule has 5 rings (SSSR count). The zero-order chi connectivity index (χ0) is 21.4. The summed E-state index contributed by atoms with van der Waals surface area (Å²) in [5.74, 6) is 2.27. The fourth-order valence-corrected chi connectivity index (χ4v) is 3.80. The standard InChI is InChI=1S/C25H20N2O4/c1-15-2-4-16(5-3-15)13-28-18-8-6-17(7-9-18)24-19-10-22-23(30-14-29-22)11-21(19)31-25(27)20(24)12-26/h2-11,24H,13-14,27H2,1H3/t24-/m1/s1. The molecule has 0 aromatic heterocycles. The maximum Gasteiger partial charge on any atom is 0.231 e. The second kappa shape index (κ2) is 7.62. The molecular formula is C25H20N2O4. The average Bonchev–Trinajstić information content (AvgIpc) is 3.24. The summed E-state index contributed by atoms with van der Waals surface area (Å²) in [4.78, 5) is 0. The minimum Gasteiger partial charge on any atom is -0.489 e. The largest absolute Gasteiger partial charge is 0.489 e. The number of allylic oxidation sites excluding steroid dienone is 1. The maximum atomic E-state index is 9.75. The van der Waals surface area contributed by atoms with Crippen molar-refractivity contribution in [2.75, 3.05) is 6.79 Å². The lowest BCUT2D eigenvalue weighted by Gasteiger charge is -2.26. The minimum absolute atomic E-state index is 0.0959. The Labute approximate surface area is 180 Å². The number of aryl methyl sites for hydroxylation is 1. The molecule has 0 fully saturated rings. The number of ether oxygens (including phenoxy) is 4. The zero-order valence-corrected chi connectivity index (χ0v) is 16.9. The molecule has 3 aromatic rings. The molecule has 1 atom stereocenters. The van der Waals surface area contributed by atoms with Crippen molar-refractivity contribution in [3.8, 4) is 29.1 Å².